The first-order chi connectivity index (χ1) is 13.6. The van der Waals surface area contributed by atoms with Crippen molar-refractivity contribution in [3.8, 4) is 0 Å². The second kappa shape index (κ2) is 8.55. The minimum Gasteiger partial charge on any atom is -0.368 e. The van der Waals surface area contributed by atoms with Gasteiger partial charge in [-0.2, -0.15) is 0 Å². The Morgan fingerprint density at radius 3 is 2.86 bits per heavy atom. The number of carbonyl (C=O) groups is 2. The van der Waals surface area contributed by atoms with Crippen LogP contribution in [-0.4, -0.2) is 30.3 Å². The fourth-order valence-electron chi connectivity index (χ4n) is 3.50. The third-order valence-electron chi connectivity index (χ3n) is 4.93. The van der Waals surface area contributed by atoms with E-state index in [2.05, 4.69) is 10.6 Å². The number of hydrogen-bond acceptors (Lipinski definition) is 4. The number of rotatable bonds is 4. The topological polar surface area (TPSA) is 67.4 Å². The Bertz CT molecular complexity index is 899. The molecule has 1 fully saturated rings. The van der Waals surface area contributed by atoms with Gasteiger partial charge >= 0.3 is 0 Å². The van der Waals surface area contributed by atoms with Crippen molar-refractivity contribution in [1.29, 1.82) is 0 Å². The van der Waals surface area contributed by atoms with Gasteiger partial charge in [0.05, 0.1) is 6.04 Å². The smallest absolute Gasteiger partial charge is 0.253 e. The van der Waals surface area contributed by atoms with Gasteiger partial charge in [0.15, 0.2) is 0 Å². The standard InChI is InChI=1S/C21H21ClN2O3S/c22-14-6-7-19-16(12-14)17(8-10-28-19)24-20(25)13-3-1-4-15(11-13)23-21(26)18-5-2-9-27-18/h1,3-4,6-7,11-12,17-18H,2,5,8-10H2,(H,23,26)(H,24,25)/t17-,18+/m0/s1. The molecule has 2 aromatic carbocycles. The maximum absolute atomic E-state index is 12.8. The molecule has 5 nitrogen and oxygen atoms in total. The number of amides is 2. The molecule has 0 bridgehead atoms. The number of carbonyl (C=O) groups excluding carboxylic acids is 2. The molecule has 2 N–H and O–H groups in total. The number of thioether (sulfide) groups is 1. The van der Waals surface area contributed by atoms with Crippen LogP contribution >= 0.6 is 23.4 Å². The van der Waals surface area contributed by atoms with Crippen LogP contribution in [0, 0.1) is 0 Å². The fraction of sp³-hybridized carbons (Fsp3) is 0.333. The monoisotopic (exact) mass is 416 g/mol. The van der Waals surface area contributed by atoms with Crippen molar-refractivity contribution in [3.05, 3.63) is 58.6 Å². The van der Waals surface area contributed by atoms with Crippen molar-refractivity contribution in [1.82, 2.24) is 5.32 Å². The molecule has 0 spiro atoms. The van der Waals surface area contributed by atoms with E-state index in [1.807, 2.05) is 18.2 Å². The zero-order chi connectivity index (χ0) is 19.5. The van der Waals surface area contributed by atoms with Gasteiger partial charge in [-0.15, -0.1) is 11.8 Å². The molecule has 4 rings (SSSR count). The first-order valence-electron chi connectivity index (χ1n) is 9.36. The predicted octanol–water partition coefficient (Wildman–Crippen LogP) is 4.42. The molecule has 2 aliphatic heterocycles. The van der Waals surface area contributed by atoms with Crippen LogP contribution in [0.1, 0.15) is 41.2 Å². The van der Waals surface area contributed by atoms with Crippen LogP contribution in [0.3, 0.4) is 0 Å². The number of benzene rings is 2. The third kappa shape index (κ3) is 4.35. The predicted molar refractivity (Wildman–Crippen MR) is 111 cm³/mol. The summed E-state index contributed by atoms with van der Waals surface area (Å²) in [5, 5.41) is 6.61. The minimum atomic E-state index is -0.404. The van der Waals surface area contributed by atoms with Gasteiger partial charge < -0.3 is 15.4 Å². The van der Waals surface area contributed by atoms with Crippen LogP contribution in [0.5, 0.6) is 0 Å². The summed E-state index contributed by atoms with van der Waals surface area (Å²) in [5.74, 6) is 0.607. The molecule has 28 heavy (non-hydrogen) atoms. The highest BCUT2D eigenvalue weighted by molar-refractivity contribution is 7.99. The normalized spacial score (nSPS) is 21.0. The molecule has 0 aromatic heterocycles. The molecule has 0 unspecified atom stereocenters. The second-order valence-corrected chi connectivity index (χ2v) is 8.49. The second-order valence-electron chi connectivity index (χ2n) is 6.92. The van der Waals surface area contributed by atoms with Gasteiger partial charge in [0.1, 0.15) is 6.10 Å². The highest BCUT2D eigenvalue weighted by atomic mass is 35.5. The molecule has 2 aromatic rings. The van der Waals surface area contributed by atoms with E-state index in [4.69, 9.17) is 16.3 Å². The Hall–Kier alpha value is -2.02. The van der Waals surface area contributed by atoms with Gasteiger partial charge in [0.25, 0.3) is 11.8 Å². The molecule has 0 saturated carbocycles. The number of halogens is 1. The summed E-state index contributed by atoms with van der Waals surface area (Å²) in [6, 6.07) is 12.7. The summed E-state index contributed by atoms with van der Waals surface area (Å²) in [6.07, 6.45) is 2.07. The summed E-state index contributed by atoms with van der Waals surface area (Å²) in [5.41, 5.74) is 2.16. The highest BCUT2D eigenvalue weighted by Crippen LogP contribution is 2.37. The number of fused-ring (bicyclic) bond motifs is 1. The lowest BCUT2D eigenvalue weighted by molar-refractivity contribution is -0.124. The molecular formula is C21H21ClN2O3S. The average Bonchev–Trinajstić information content (AvgIpc) is 3.24. The molecule has 2 amide bonds. The fourth-order valence-corrected chi connectivity index (χ4v) is 4.79. The number of hydrogen-bond donors (Lipinski definition) is 2. The summed E-state index contributed by atoms with van der Waals surface area (Å²) >= 11 is 7.92. The maximum Gasteiger partial charge on any atom is 0.253 e. The van der Waals surface area contributed by atoms with Crippen molar-refractivity contribution in [2.24, 2.45) is 0 Å². The van der Waals surface area contributed by atoms with Crippen LogP contribution < -0.4 is 10.6 Å². The average molecular weight is 417 g/mol. The Kier molecular flexibility index (Phi) is 5.90. The number of anilines is 1. The van der Waals surface area contributed by atoms with Crippen LogP contribution in [0.4, 0.5) is 5.69 Å². The molecule has 0 radical (unpaired) electrons. The van der Waals surface area contributed by atoms with Gasteiger partial charge in [-0.05, 0) is 61.2 Å². The van der Waals surface area contributed by atoms with E-state index in [1.54, 1.807) is 36.0 Å². The lowest BCUT2D eigenvalue weighted by Crippen LogP contribution is -2.31. The summed E-state index contributed by atoms with van der Waals surface area (Å²) in [4.78, 5) is 26.2. The Balaban J connectivity index is 1.46. The first kappa shape index (κ1) is 19.3. The van der Waals surface area contributed by atoms with Gasteiger partial charge in [0, 0.05) is 33.5 Å². The summed E-state index contributed by atoms with van der Waals surface area (Å²) < 4.78 is 5.40. The van der Waals surface area contributed by atoms with Crippen molar-refractivity contribution in [2.75, 3.05) is 17.7 Å². The minimum absolute atomic E-state index is 0.0763. The largest absolute Gasteiger partial charge is 0.368 e. The van der Waals surface area contributed by atoms with Crippen molar-refractivity contribution in [2.45, 2.75) is 36.3 Å². The number of ether oxygens (including phenoxy) is 1. The zero-order valence-electron chi connectivity index (χ0n) is 15.2. The molecule has 2 atom stereocenters. The van der Waals surface area contributed by atoms with E-state index < -0.39 is 6.10 Å². The lowest BCUT2D eigenvalue weighted by Gasteiger charge is -2.26. The summed E-state index contributed by atoms with van der Waals surface area (Å²) in [6.45, 7) is 0.617. The summed E-state index contributed by atoms with van der Waals surface area (Å²) in [7, 11) is 0. The van der Waals surface area contributed by atoms with Crippen LogP contribution in [0.2, 0.25) is 5.02 Å². The third-order valence-corrected chi connectivity index (χ3v) is 6.29. The molecule has 7 heteroatoms. The van der Waals surface area contributed by atoms with E-state index in [0.717, 1.165) is 35.5 Å². The Morgan fingerprint density at radius 1 is 1.14 bits per heavy atom. The molecule has 2 aliphatic rings. The van der Waals surface area contributed by atoms with Gasteiger partial charge in [0.2, 0.25) is 0 Å². The van der Waals surface area contributed by atoms with E-state index in [0.29, 0.717) is 22.9 Å². The van der Waals surface area contributed by atoms with E-state index >= 15 is 0 Å². The van der Waals surface area contributed by atoms with Crippen LogP contribution in [0.15, 0.2) is 47.4 Å². The van der Waals surface area contributed by atoms with Crippen LogP contribution in [0.25, 0.3) is 0 Å². The van der Waals surface area contributed by atoms with Gasteiger partial charge in [-0.25, -0.2) is 0 Å². The molecular weight excluding hydrogens is 396 g/mol. The SMILES string of the molecule is O=C(N[C@H]1CCSc2ccc(Cl)cc21)c1cccc(NC(=O)[C@H]2CCCO2)c1. The molecule has 1 saturated heterocycles. The van der Waals surface area contributed by atoms with Crippen molar-refractivity contribution >= 4 is 40.9 Å². The zero-order valence-corrected chi connectivity index (χ0v) is 16.8. The highest BCUT2D eigenvalue weighted by Gasteiger charge is 2.25. The van der Waals surface area contributed by atoms with Crippen molar-refractivity contribution in [3.63, 3.8) is 0 Å². The maximum atomic E-state index is 12.8. The number of nitrogens with one attached hydrogen (secondary N) is 2. The quantitative estimate of drug-likeness (QED) is 0.773. The van der Waals surface area contributed by atoms with E-state index in [1.165, 1.54) is 0 Å². The molecule has 146 valence electrons. The van der Waals surface area contributed by atoms with Gasteiger partial charge in [-0.3, -0.25) is 9.59 Å². The molecule has 0 aliphatic carbocycles. The Morgan fingerprint density at radius 2 is 2.04 bits per heavy atom. The lowest BCUT2D eigenvalue weighted by atomic mass is 10.0. The molecule has 2 heterocycles. The van der Waals surface area contributed by atoms with E-state index in [9.17, 15) is 9.59 Å². The Labute approximate surface area is 173 Å². The van der Waals surface area contributed by atoms with Crippen LogP contribution in [-0.2, 0) is 9.53 Å². The van der Waals surface area contributed by atoms with Crippen molar-refractivity contribution < 1.29 is 14.3 Å². The first-order valence-corrected chi connectivity index (χ1v) is 10.7. The van der Waals surface area contributed by atoms with Gasteiger partial charge in [-0.1, -0.05) is 17.7 Å². The van der Waals surface area contributed by atoms with E-state index in [-0.39, 0.29) is 17.9 Å².